The highest BCUT2D eigenvalue weighted by molar-refractivity contribution is 5.98. The van der Waals surface area contributed by atoms with Crippen LogP contribution in [0.5, 0.6) is 17.2 Å². The van der Waals surface area contributed by atoms with E-state index in [1.165, 1.54) is 20.4 Å². The number of carbonyl (C=O) groups is 1. The second kappa shape index (κ2) is 7.56. The fourth-order valence-electron chi connectivity index (χ4n) is 2.53. The van der Waals surface area contributed by atoms with E-state index >= 15 is 0 Å². The van der Waals surface area contributed by atoms with Gasteiger partial charge in [0.25, 0.3) is 5.91 Å². The smallest absolute Gasteiger partial charge is 0.271 e. The summed E-state index contributed by atoms with van der Waals surface area (Å²) in [7, 11) is 4.59. The third kappa shape index (κ3) is 3.30. The van der Waals surface area contributed by atoms with E-state index in [0.717, 1.165) is 11.0 Å². The van der Waals surface area contributed by atoms with Gasteiger partial charge >= 0.3 is 0 Å². The van der Waals surface area contributed by atoms with Gasteiger partial charge in [-0.05, 0) is 30.3 Å². The number of aromatic amines is 1. The van der Waals surface area contributed by atoms with Crippen molar-refractivity contribution in [3.05, 3.63) is 47.8 Å². The summed E-state index contributed by atoms with van der Waals surface area (Å²) >= 11 is 0. The van der Waals surface area contributed by atoms with Crippen LogP contribution in [-0.4, -0.2) is 43.4 Å². The molecule has 1 heterocycles. The quantitative estimate of drug-likeness (QED) is 0.523. The van der Waals surface area contributed by atoms with Crippen molar-refractivity contribution >= 4 is 23.2 Å². The summed E-state index contributed by atoms with van der Waals surface area (Å²) in [6.07, 6.45) is 3.06. The van der Waals surface area contributed by atoms with E-state index in [1.54, 1.807) is 43.8 Å². The molecule has 0 aliphatic rings. The molecule has 0 radical (unpaired) electrons. The minimum Gasteiger partial charge on any atom is -0.493 e. The molecule has 2 N–H and O–H groups in total. The highest BCUT2D eigenvalue weighted by Crippen LogP contribution is 2.38. The topological polar surface area (TPSA) is 97.8 Å². The number of nitrogens with one attached hydrogen (secondary N) is 2. The molecule has 0 spiro atoms. The Hall–Kier alpha value is -3.55. The zero-order valence-electron chi connectivity index (χ0n) is 14.6. The van der Waals surface area contributed by atoms with Gasteiger partial charge in [0, 0.05) is 11.1 Å². The second-order valence-electron chi connectivity index (χ2n) is 5.26. The first-order valence-corrected chi connectivity index (χ1v) is 7.73. The van der Waals surface area contributed by atoms with Crippen LogP contribution in [0, 0.1) is 0 Å². The van der Waals surface area contributed by atoms with Crippen molar-refractivity contribution in [2.75, 3.05) is 21.3 Å². The van der Waals surface area contributed by atoms with E-state index in [1.807, 2.05) is 0 Å². The summed E-state index contributed by atoms with van der Waals surface area (Å²) in [5.41, 5.74) is 5.17. The first kappa shape index (κ1) is 17.3. The van der Waals surface area contributed by atoms with E-state index in [4.69, 9.17) is 14.2 Å². The molecule has 0 atom stereocenters. The Bertz CT molecular complexity index is 965. The van der Waals surface area contributed by atoms with Gasteiger partial charge in [0.05, 0.1) is 44.9 Å². The Balaban J connectivity index is 1.78. The fraction of sp³-hybridized carbons (Fsp3) is 0.167. The lowest BCUT2D eigenvalue weighted by Gasteiger charge is -2.13. The zero-order valence-corrected chi connectivity index (χ0v) is 14.6. The van der Waals surface area contributed by atoms with Crippen LogP contribution in [0.15, 0.2) is 41.8 Å². The van der Waals surface area contributed by atoms with Crippen LogP contribution in [0.1, 0.15) is 15.9 Å². The van der Waals surface area contributed by atoms with E-state index in [0.29, 0.717) is 28.4 Å². The van der Waals surface area contributed by atoms with Crippen molar-refractivity contribution in [3.63, 3.8) is 0 Å². The van der Waals surface area contributed by atoms with Crippen LogP contribution in [0.25, 0.3) is 11.0 Å². The van der Waals surface area contributed by atoms with Crippen molar-refractivity contribution in [1.29, 1.82) is 0 Å². The van der Waals surface area contributed by atoms with E-state index < -0.39 is 0 Å². The molecular formula is C18H18N4O4. The van der Waals surface area contributed by atoms with Gasteiger partial charge in [-0.25, -0.2) is 10.4 Å². The van der Waals surface area contributed by atoms with Crippen molar-refractivity contribution < 1.29 is 19.0 Å². The average Bonchev–Trinajstić information content (AvgIpc) is 3.14. The van der Waals surface area contributed by atoms with Crippen LogP contribution in [0.3, 0.4) is 0 Å². The van der Waals surface area contributed by atoms with Gasteiger partial charge in [0.15, 0.2) is 11.5 Å². The molecule has 8 nitrogen and oxygen atoms in total. The van der Waals surface area contributed by atoms with Gasteiger partial charge in [-0.2, -0.15) is 5.10 Å². The number of H-pyrrole nitrogens is 1. The lowest BCUT2D eigenvalue weighted by Crippen LogP contribution is -2.17. The van der Waals surface area contributed by atoms with Gasteiger partial charge in [0.1, 0.15) is 0 Å². The molecule has 0 aliphatic carbocycles. The largest absolute Gasteiger partial charge is 0.493 e. The van der Waals surface area contributed by atoms with Crippen LogP contribution >= 0.6 is 0 Å². The average molecular weight is 354 g/mol. The molecule has 26 heavy (non-hydrogen) atoms. The Morgan fingerprint density at radius 3 is 2.65 bits per heavy atom. The number of imidazole rings is 1. The first-order chi connectivity index (χ1) is 12.7. The van der Waals surface area contributed by atoms with Gasteiger partial charge in [-0.3, -0.25) is 4.79 Å². The zero-order chi connectivity index (χ0) is 18.5. The Morgan fingerprint density at radius 1 is 1.12 bits per heavy atom. The summed E-state index contributed by atoms with van der Waals surface area (Å²) < 4.78 is 15.9. The molecule has 0 aliphatic heterocycles. The molecule has 0 bridgehead atoms. The number of fused-ring (bicyclic) bond motifs is 1. The number of hydrogen-bond acceptors (Lipinski definition) is 6. The Labute approximate surface area is 149 Å². The third-order valence-corrected chi connectivity index (χ3v) is 3.79. The minimum absolute atomic E-state index is 0.336. The number of carbonyl (C=O) groups excluding carboxylic acids is 1. The van der Waals surface area contributed by atoms with Crippen molar-refractivity contribution in [1.82, 2.24) is 15.4 Å². The number of amides is 1. The molecule has 0 unspecified atom stereocenters. The molecule has 0 fully saturated rings. The molecule has 0 saturated heterocycles. The van der Waals surface area contributed by atoms with Crippen LogP contribution < -0.4 is 19.6 Å². The fourth-order valence-corrected chi connectivity index (χ4v) is 2.53. The summed E-state index contributed by atoms with van der Waals surface area (Å²) in [5.74, 6) is 1.12. The molecular weight excluding hydrogens is 336 g/mol. The summed E-state index contributed by atoms with van der Waals surface area (Å²) in [6, 6.07) is 8.65. The van der Waals surface area contributed by atoms with Crippen LogP contribution in [-0.2, 0) is 0 Å². The van der Waals surface area contributed by atoms with Gasteiger partial charge in [0.2, 0.25) is 5.75 Å². The maximum atomic E-state index is 12.2. The molecule has 8 heteroatoms. The number of aromatic nitrogens is 2. The van der Waals surface area contributed by atoms with Gasteiger partial charge < -0.3 is 19.2 Å². The van der Waals surface area contributed by atoms with Gasteiger partial charge in [-0.1, -0.05) is 0 Å². The summed E-state index contributed by atoms with van der Waals surface area (Å²) in [5, 5.41) is 4.00. The number of hydrazone groups is 1. The number of ether oxygens (including phenoxy) is 3. The molecule has 1 amide bonds. The number of hydrogen-bond donors (Lipinski definition) is 2. The molecule has 3 aromatic rings. The first-order valence-electron chi connectivity index (χ1n) is 7.73. The molecule has 2 aromatic carbocycles. The highest BCUT2D eigenvalue weighted by atomic mass is 16.5. The number of methoxy groups -OCH3 is 3. The van der Waals surface area contributed by atoms with E-state index in [9.17, 15) is 4.79 Å². The molecule has 3 rings (SSSR count). The maximum Gasteiger partial charge on any atom is 0.271 e. The lowest BCUT2D eigenvalue weighted by atomic mass is 10.2. The summed E-state index contributed by atoms with van der Waals surface area (Å²) in [6.45, 7) is 0. The van der Waals surface area contributed by atoms with E-state index in [2.05, 4.69) is 20.5 Å². The van der Waals surface area contributed by atoms with Crippen molar-refractivity contribution in [3.8, 4) is 17.2 Å². The SMILES string of the molecule is COc1ccc(/C=N/NC(=O)c2ccc3nc[nH]c3c2)c(OC)c1OC. The number of nitrogens with zero attached hydrogens (tertiary/aromatic N) is 2. The molecule has 0 saturated carbocycles. The minimum atomic E-state index is -0.336. The lowest BCUT2D eigenvalue weighted by molar-refractivity contribution is 0.0955. The standard InChI is InChI=1S/C18H18N4O4/c1-24-15-7-5-12(16(25-2)17(15)26-3)9-21-22-18(23)11-4-6-13-14(8-11)20-10-19-13/h4-10H,1-3H3,(H,19,20)(H,22,23)/b21-9+. The predicted octanol–water partition coefficient (Wildman–Crippen LogP) is 2.35. The number of benzene rings is 2. The second-order valence-corrected chi connectivity index (χ2v) is 5.26. The van der Waals surface area contributed by atoms with Crippen LogP contribution in [0.4, 0.5) is 0 Å². The maximum absolute atomic E-state index is 12.2. The molecule has 1 aromatic heterocycles. The predicted molar refractivity (Wildman–Crippen MR) is 97.3 cm³/mol. The monoisotopic (exact) mass is 354 g/mol. The Kier molecular flexibility index (Phi) is 5.02. The third-order valence-electron chi connectivity index (χ3n) is 3.79. The molecule has 134 valence electrons. The number of rotatable bonds is 6. The van der Waals surface area contributed by atoms with Gasteiger partial charge in [-0.15, -0.1) is 0 Å². The van der Waals surface area contributed by atoms with Crippen molar-refractivity contribution in [2.24, 2.45) is 5.10 Å². The normalized spacial score (nSPS) is 10.9. The Morgan fingerprint density at radius 2 is 1.92 bits per heavy atom. The van der Waals surface area contributed by atoms with Crippen LogP contribution in [0.2, 0.25) is 0 Å². The highest BCUT2D eigenvalue weighted by Gasteiger charge is 2.14. The van der Waals surface area contributed by atoms with E-state index in [-0.39, 0.29) is 5.91 Å². The van der Waals surface area contributed by atoms with Crippen molar-refractivity contribution in [2.45, 2.75) is 0 Å². The summed E-state index contributed by atoms with van der Waals surface area (Å²) in [4.78, 5) is 19.3.